The summed E-state index contributed by atoms with van der Waals surface area (Å²) in [6.45, 7) is 3.20. The lowest BCUT2D eigenvalue weighted by Gasteiger charge is -2.29. The molecule has 5 rings (SSSR count). The molecule has 2 aliphatic carbocycles. The van der Waals surface area contributed by atoms with E-state index in [-0.39, 0.29) is 16.7 Å². The normalized spacial score (nSPS) is 25.3. The van der Waals surface area contributed by atoms with Crippen LogP contribution in [0.15, 0.2) is 45.7 Å². The number of nitrogens with one attached hydrogen (secondary N) is 1. The van der Waals surface area contributed by atoms with E-state index in [0.29, 0.717) is 37.2 Å². The number of hydrazine groups is 1. The number of rotatable bonds is 9. The SMILES string of the molecule is CCCN(N1CC=NC1)S(=O)(=O)c1ccc(C2(C(=O)Nc3nccs3)CC2C2CCCC2)cc1. The molecule has 182 valence electrons. The molecule has 2 fully saturated rings. The molecule has 1 amide bonds. The maximum Gasteiger partial charge on any atom is 0.256 e. The van der Waals surface area contributed by atoms with Gasteiger partial charge >= 0.3 is 0 Å². The van der Waals surface area contributed by atoms with Crippen LogP contribution in [-0.2, 0) is 20.2 Å². The van der Waals surface area contributed by atoms with Crippen molar-refractivity contribution >= 4 is 38.6 Å². The second-order valence-corrected chi connectivity index (χ2v) is 12.1. The predicted molar refractivity (Wildman–Crippen MR) is 133 cm³/mol. The summed E-state index contributed by atoms with van der Waals surface area (Å²) >= 11 is 1.41. The number of sulfonamides is 1. The molecule has 10 heteroatoms. The van der Waals surface area contributed by atoms with E-state index in [4.69, 9.17) is 0 Å². The summed E-state index contributed by atoms with van der Waals surface area (Å²) in [6.07, 6.45) is 9.68. The van der Waals surface area contributed by atoms with Gasteiger partial charge in [0, 0.05) is 24.3 Å². The quantitative estimate of drug-likeness (QED) is 0.563. The fourth-order valence-corrected chi connectivity index (χ4v) is 7.70. The number of carbonyl (C=O) groups excluding carboxylic acids is 1. The van der Waals surface area contributed by atoms with Gasteiger partial charge in [-0.1, -0.05) is 44.7 Å². The summed E-state index contributed by atoms with van der Waals surface area (Å²) in [5.41, 5.74) is 0.276. The second kappa shape index (κ2) is 9.49. The van der Waals surface area contributed by atoms with Gasteiger partial charge in [0.2, 0.25) is 5.91 Å². The number of carbonyl (C=O) groups is 1. The third kappa shape index (κ3) is 4.21. The van der Waals surface area contributed by atoms with E-state index in [0.717, 1.165) is 24.8 Å². The zero-order valence-electron chi connectivity index (χ0n) is 19.4. The minimum atomic E-state index is -3.71. The van der Waals surface area contributed by atoms with Crippen LogP contribution in [0.5, 0.6) is 0 Å². The number of amides is 1. The molecule has 0 spiro atoms. The highest BCUT2D eigenvalue weighted by Gasteiger charge is 2.63. The number of anilines is 1. The highest BCUT2D eigenvalue weighted by Crippen LogP contribution is 2.61. The fourth-order valence-electron chi connectivity index (χ4n) is 5.61. The molecule has 2 heterocycles. The van der Waals surface area contributed by atoms with Crippen LogP contribution in [0.25, 0.3) is 0 Å². The number of benzene rings is 1. The highest BCUT2D eigenvalue weighted by molar-refractivity contribution is 7.89. The lowest BCUT2D eigenvalue weighted by molar-refractivity contribution is -0.119. The van der Waals surface area contributed by atoms with E-state index in [1.54, 1.807) is 29.6 Å². The maximum absolute atomic E-state index is 13.5. The first kappa shape index (κ1) is 23.6. The van der Waals surface area contributed by atoms with Crippen LogP contribution < -0.4 is 5.32 Å². The first-order valence-electron chi connectivity index (χ1n) is 12.0. The summed E-state index contributed by atoms with van der Waals surface area (Å²) in [6, 6.07) is 7.00. The Morgan fingerprint density at radius 1 is 1.26 bits per heavy atom. The first-order chi connectivity index (χ1) is 16.5. The van der Waals surface area contributed by atoms with Crippen LogP contribution in [0.2, 0.25) is 0 Å². The number of nitrogens with zero attached hydrogens (tertiary/aromatic N) is 4. The fraction of sp³-hybridized carbons (Fsp3) is 0.542. The number of hydrogen-bond donors (Lipinski definition) is 1. The lowest BCUT2D eigenvalue weighted by atomic mass is 9.87. The van der Waals surface area contributed by atoms with Gasteiger partial charge in [-0.05, 0) is 42.4 Å². The van der Waals surface area contributed by atoms with Crippen molar-refractivity contribution in [3.05, 3.63) is 41.4 Å². The molecule has 2 saturated carbocycles. The third-order valence-electron chi connectivity index (χ3n) is 7.38. The largest absolute Gasteiger partial charge is 0.301 e. The molecule has 0 saturated heterocycles. The molecule has 1 N–H and O–H groups in total. The Morgan fingerprint density at radius 2 is 2.03 bits per heavy atom. The van der Waals surface area contributed by atoms with E-state index in [2.05, 4.69) is 15.3 Å². The Hall–Kier alpha value is -2.14. The average Bonchev–Trinajstić information content (AvgIpc) is 3.37. The van der Waals surface area contributed by atoms with Crippen molar-refractivity contribution in [2.24, 2.45) is 16.8 Å². The van der Waals surface area contributed by atoms with E-state index in [1.807, 2.05) is 24.4 Å². The zero-order valence-corrected chi connectivity index (χ0v) is 21.0. The van der Waals surface area contributed by atoms with Crippen molar-refractivity contribution < 1.29 is 13.2 Å². The summed E-state index contributed by atoms with van der Waals surface area (Å²) < 4.78 is 28.3. The summed E-state index contributed by atoms with van der Waals surface area (Å²) in [7, 11) is -3.71. The van der Waals surface area contributed by atoms with Crippen LogP contribution >= 0.6 is 11.3 Å². The highest BCUT2D eigenvalue weighted by atomic mass is 32.2. The Morgan fingerprint density at radius 3 is 2.65 bits per heavy atom. The molecule has 34 heavy (non-hydrogen) atoms. The average molecular weight is 502 g/mol. The smallest absolute Gasteiger partial charge is 0.256 e. The Bertz CT molecular complexity index is 1140. The molecule has 0 bridgehead atoms. The van der Waals surface area contributed by atoms with Gasteiger partial charge in [0.25, 0.3) is 10.0 Å². The molecule has 3 aliphatic rings. The van der Waals surface area contributed by atoms with Crippen LogP contribution in [-0.4, -0.2) is 54.7 Å². The summed E-state index contributed by atoms with van der Waals surface area (Å²) in [5.74, 6) is 0.799. The minimum absolute atomic E-state index is 0.0308. The van der Waals surface area contributed by atoms with E-state index < -0.39 is 15.4 Å². The van der Waals surface area contributed by atoms with Crippen molar-refractivity contribution in [3.63, 3.8) is 0 Å². The molecule has 1 aromatic heterocycles. The molecule has 1 aromatic carbocycles. The first-order valence-corrected chi connectivity index (χ1v) is 14.4. The Balaban J connectivity index is 1.42. The van der Waals surface area contributed by atoms with E-state index >= 15 is 0 Å². The molecule has 2 aromatic rings. The summed E-state index contributed by atoms with van der Waals surface area (Å²) in [4.78, 5) is 22.2. The molecule has 8 nitrogen and oxygen atoms in total. The molecular formula is C24H31N5O3S2. The Labute approximate surface area is 205 Å². The van der Waals surface area contributed by atoms with Crippen molar-refractivity contribution in [1.82, 2.24) is 14.4 Å². The molecular weight excluding hydrogens is 470 g/mol. The standard InChI is InChI=1S/C24H31N5O3S2/c1-2-13-29(28-14-11-25-17-28)34(31,32)20-9-7-19(8-10-20)24(16-21(24)18-5-3-4-6-18)22(30)27-23-26-12-15-33-23/h7-12,15,18,21H,2-6,13-14,16-17H2,1H3,(H,26,27,30). The molecule has 2 unspecified atom stereocenters. The van der Waals surface area contributed by atoms with Crippen LogP contribution in [0.3, 0.4) is 0 Å². The lowest BCUT2D eigenvalue weighted by Crippen LogP contribution is -2.45. The number of hydrogen-bond acceptors (Lipinski definition) is 7. The second-order valence-electron chi connectivity index (χ2n) is 9.39. The van der Waals surface area contributed by atoms with Gasteiger partial charge in [0.15, 0.2) is 5.13 Å². The number of aliphatic imine (C=N–C) groups is 1. The van der Waals surface area contributed by atoms with Crippen molar-refractivity contribution in [3.8, 4) is 0 Å². The van der Waals surface area contributed by atoms with Crippen LogP contribution in [0.4, 0.5) is 5.13 Å². The zero-order chi connectivity index (χ0) is 23.8. The van der Waals surface area contributed by atoms with Gasteiger partial charge in [-0.2, -0.15) is 0 Å². The molecule has 1 aliphatic heterocycles. The van der Waals surface area contributed by atoms with Crippen LogP contribution in [0.1, 0.15) is 51.0 Å². The Kier molecular flexibility index (Phi) is 6.58. The topological polar surface area (TPSA) is 95.0 Å². The van der Waals surface area contributed by atoms with Crippen molar-refractivity contribution in [1.29, 1.82) is 0 Å². The van der Waals surface area contributed by atoms with Gasteiger partial charge in [0.05, 0.1) is 16.9 Å². The van der Waals surface area contributed by atoms with Crippen molar-refractivity contribution in [2.75, 3.05) is 25.1 Å². The van der Waals surface area contributed by atoms with Gasteiger partial charge < -0.3 is 5.32 Å². The van der Waals surface area contributed by atoms with Gasteiger partial charge in [-0.15, -0.1) is 15.8 Å². The minimum Gasteiger partial charge on any atom is -0.301 e. The van der Waals surface area contributed by atoms with Gasteiger partial charge in [-0.3, -0.25) is 9.79 Å². The molecule has 0 radical (unpaired) electrons. The van der Waals surface area contributed by atoms with Crippen LogP contribution in [0, 0.1) is 11.8 Å². The number of thiazole rings is 1. The van der Waals surface area contributed by atoms with Crippen molar-refractivity contribution in [2.45, 2.75) is 55.8 Å². The third-order valence-corrected chi connectivity index (χ3v) is 9.91. The monoisotopic (exact) mass is 501 g/mol. The van der Waals surface area contributed by atoms with E-state index in [1.165, 1.54) is 28.6 Å². The maximum atomic E-state index is 13.5. The van der Waals surface area contributed by atoms with Gasteiger partial charge in [-0.25, -0.2) is 18.4 Å². The predicted octanol–water partition coefficient (Wildman–Crippen LogP) is 3.89. The number of aromatic nitrogens is 1. The molecule has 2 atom stereocenters. The van der Waals surface area contributed by atoms with Gasteiger partial charge in [0.1, 0.15) is 6.67 Å². The summed E-state index contributed by atoms with van der Waals surface area (Å²) in [5, 5.41) is 7.20. The van der Waals surface area contributed by atoms with E-state index in [9.17, 15) is 13.2 Å².